The highest BCUT2D eigenvalue weighted by Gasteiger charge is 2.31. The number of rotatable bonds is 10. The normalized spacial score (nSPS) is 16.8. The SMILES string of the molecule is Cc1nc2nc(-c3cc(/C=C4\SC(=S)N(CCc5ccc(C(=O)O)cc5)C4=O)ccc3OCCN3CCOCC3)ccc2[nH]1. The van der Waals surface area contributed by atoms with E-state index in [1.165, 1.54) is 11.8 Å². The summed E-state index contributed by atoms with van der Waals surface area (Å²) in [6, 6.07) is 16.4. The van der Waals surface area contributed by atoms with Gasteiger partial charge in [0.2, 0.25) is 0 Å². The highest BCUT2D eigenvalue weighted by molar-refractivity contribution is 8.26. The van der Waals surface area contributed by atoms with Crippen LogP contribution in [0.4, 0.5) is 0 Å². The summed E-state index contributed by atoms with van der Waals surface area (Å²) in [7, 11) is 0. The molecular formula is C32H31N5O5S2. The first kappa shape index (κ1) is 29.9. The Morgan fingerprint density at radius 3 is 2.68 bits per heavy atom. The first-order valence-electron chi connectivity index (χ1n) is 14.3. The second kappa shape index (κ2) is 13.3. The molecule has 0 unspecified atom stereocenters. The van der Waals surface area contributed by atoms with Crippen molar-refractivity contribution in [3.05, 3.63) is 82.0 Å². The van der Waals surface area contributed by atoms with E-state index in [1.54, 1.807) is 29.2 Å². The summed E-state index contributed by atoms with van der Waals surface area (Å²) in [4.78, 5) is 41.5. The number of hydrogen-bond donors (Lipinski definition) is 2. The number of aryl methyl sites for hydroxylation is 1. The molecule has 2 aliphatic heterocycles. The number of aromatic nitrogens is 3. The molecule has 2 aliphatic rings. The zero-order valence-electron chi connectivity index (χ0n) is 24.1. The van der Waals surface area contributed by atoms with Gasteiger partial charge in [0, 0.05) is 31.7 Å². The van der Waals surface area contributed by atoms with E-state index in [9.17, 15) is 9.59 Å². The Hall–Kier alpha value is -4.10. The minimum Gasteiger partial charge on any atom is -0.492 e. The van der Waals surface area contributed by atoms with Gasteiger partial charge < -0.3 is 19.6 Å². The van der Waals surface area contributed by atoms with E-state index in [1.807, 2.05) is 43.3 Å². The number of carboxylic acids is 1. The Morgan fingerprint density at radius 1 is 1.11 bits per heavy atom. The van der Waals surface area contributed by atoms with Crippen LogP contribution in [-0.4, -0.2) is 92.1 Å². The molecule has 12 heteroatoms. The number of amides is 1. The fourth-order valence-corrected chi connectivity index (χ4v) is 6.44. The third kappa shape index (κ3) is 6.83. The number of thiocarbonyl (C=S) groups is 1. The Morgan fingerprint density at radius 2 is 1.91 bits per heavy atom. The molecule has 0 saturated carbocycles. The van der Waals surface area contributed by atoms with E-state index in [0.717, 1.165) is 66.6 Å². The summed E-state index contributed by atoms with van der Waals surface area (Å²) >= 11 is 6.82. The lowest BCUT2D eigenvalue weighted by Crippen LogP contribution is -2.38. The first-order chi connectivity index (χ1) is 21.3. The molecule has 4 aromatic rings. The van der Waals surface area contributed by atoms with Gasteiger partial charge in [0.1, 0.15) is 22.5 Å². The Labute approximate surface area is 264 Å². The maximum absolute atomic E-state index is 13.4. The molecule has 2 N–H and O–H groups in total. The number of H-pyrrole nitrogens is 1. The average molecular weight is 630 g/mol. The minimum atomic E-state index is -0.970. The van der Waals surface area contributed by atoms with Crippen molar-refractivity contribution < 1.29 is 24.2 Å². The molecule has 4 heterocycles. The number of ether oxygens (including phenoxy) is 2. The molecule has 0 atom stereocenters. The number of benzene rings is 2. The topological polar surface area (TPSA) is 121 Å². The first-order valence-corrected chi connectivity index (χ1v) is 15.5. The number of pyridine rings is 1. The smallest absolute Gasteiger partial charge is 0.335 e. The predicted octanol–water partition coefficient (Wildman–Crippen LogP) is 4.79. The quantitative estimate of drug-likeness (QED) is 0.187. The van der Waals surface area contributed by atoms with Gasteiger partial charge in [0.15, 0.2) is 5.65 Å². The Kier molecular flexibility index (Phi) is 9.03. The fourth-order valence-electron chi connectivity index (χ4n) is 5.13. The third-order valence-electron chi connectivity index (χ3n) is 7.51. The van der Waals surface area contributed by atoms with Gasteiger partial charge in [-0.05, 0) is 66.9 Å². The number of aromatic amines is 1. The number of fused-ring (bicyclic) bond motifs is 1. The lowest BCUT2D eigenvalue weighted by atomic mass is 10.1. The van der Waals surface area contributed by atoms with Crippen molar-refractivity contribution in [1.82, 2.24) is 24.8 Å². The summed E-state index contributed by atoms with van der Waals surface area (Å²) in [5, 5.41) is 9.13. The Bertz CT molecular complexity index is 1750. The number of nitrogens with one attached hydrogen (secondary N) is 1. The van der Waals surface area contributed by atoms with Crippen molar-refractivity contribution in [2.45, 2.75) is 13.3 Å². The van der Waals surface area contributed by atoms with E-state index in [-0.39, 0.29) is 11.5 Å². The molecular weight excluding hydrogens is 599 g/mol. The second-order valence-corrected chi connectivity index (χ2v) is 12.2. The van der Waals surface area contributed by atoms with E-state index in [4.69, 9.17) is 31.8 Å². The monoisotopic (exact) mass is 629 g/mol. The van der Waals surface area contributed by atoms with Crippen LogP contribution in [0.1, 0.15) is 27.3 Å². The van der Waals surface area contributed by atoms with Crippen LogP contribution in [0.2, 0.25) is 0 Å². The summed E-state index contributed by atoms with van der Waals surface area (Å²) in [6.45, 7) is 6.87. The van der Waals surface area contributed by atoms with Crippen molar-refractivity contribution >= 4 is 57.4 Å². The molecule has 226 valence electrons. The number of aromatic carboxylic acids is 1. The highest BCUT2D eigenvalue weighted by Crippen LogP contribution is 2.36. The number of thioether (sulfide) groups is 1. The maximum Gasteiger partial charge on any atom is 0.335 e. The van der Waals surface area contributed by atoms with Crippen LogP contribution >= 0.6 is 24.0 Å². The van der Waals surface area contributed by atoms with E-state index >= 15 is 0 Å². The Balaban J connectivity index is 1.21. The molecule has 0 bridgehead atoms. The third-order valence-corrected chi connectivity index (χ3v) is 8.89. The summed E-state index contributed by atoms with van der Waals surface area (Å²) in [5.41, 5.74) is 5.00. The number of carbonyl (C=O) groups is 2. The van der Waals surface area contributed by atoms with Crippen LogP contribution in [0.25, 0.3) is 28.5 Å². The standard InChI is InChI=1S/C32H31N5O5S2/c1-20-33-26-8-7-25(35-29(26)34-20)24-18-22(4-9-27(24)42-17-14-36-12-15-41-16-13-36)19-28-30(38)37(32(43)44-28)11-10-21-2-5-23(6-3-21)31(39)40/h2-9,18-19H,10-17H2,1H3,(H,39,40)(H,33,34,35)/b28-19-. The van der Waals surface area contributed by atoms with E-state index in [2.05, 4.69) is 14.9 Å². The fraction of sp³-hybridized carbons (Fsp3) is 0.281. The number of hydrogen-bond acceptors (Lipinski definition) is 9. The number of morpholine rings is 1. The lowest BCUT2D eigenvalue weighted by Gasteiger charge is -2.26. The lowest BCUT2D eigenvalue weighted by molar-refractivity contribution is -0.122. The average Bonchev–Trinajstić information content (AvgIpc) is 3.53. The predicted molar refractivity (Wildman–Crippen MR) is 174 cm³/mol. The van der Waals surface area contributed by atoms with Gasteiger partial charge in [0.05, 0.1) is 34.9 Å². The van der Waals surface area contributed by atoms with Crippen molar-refractivity contribution in [1.29, 1.82) is 0 Å². The summed E-state index contributed by atoms with van der Waals surface area (Å²) in [6.07, 6.45) is 2.40. The van der Waals surface area contributed by atoms with Crippen molar-refractivity contribution in [2.75, 3.05) is 46.0 Å². The molecule has 10 nitrogen and oxygen atoms in total. The molecule has 0 spiro atoms. The van der Waals surface area contributed by atoms with Crippen LogP contribution in [0.5, 0.6) is 5.75 Å². The van der Waals surface area contributed by atoms with Gasteiger partial charge in [-0.3, -0.25) is 14.6 Å². The number of carboxylic acid groups (broad SMARTS) is 1. The maximum atomic E-state index is 13.4. The zero-order chi connectivity index (χ0) is 30.6. The van der Waals surface area contributed by atoms with Crippen molar-refractivity contribution in [3.8, 4) is 17.0 Å². The van der Waals surface area contributed by atoms with Crippen LogP contribution in [0.15, 0.2) is 59.5 Å². The van der Waals surface area contributed by atoms with Gasteiger partial charge in [0.25, 0.3) is 5.91 Å². The van der Waals surface area contributed by atoms with Crippen LogP contribution in [0.3, 0.4) is 0 Å². The number of nitrogens with zero attached hydrogens (tertiary/aromatic N) is 4. The molecule has 44 heavy (non-hydrogen) atoms. The van der Waals surface area contributed by atoms with Gasteiger partial charge in [-0.1, -0.05) is 42.2 Å². The summed E-state index contributed by atoms with van der Waals surface area (Å²) in [5.74, 6) is 0.374. The molecule has 6 rings (SSSR count). The molecule has 2 fully saturated rings. The van der Waals surface area contributed by atoms with E-state index < -0.39 is 5.97 Å². The van der Waals surface area contributed by atoms with Crippen molar-refractivity contribution in [3.63, 3.8) is 0 Å². The second-order valence-electron chi connectivity index (χ2n) is 10.5. The van der Waals surface area contributed by atoms with Crippen LogP contribution in [0, 0.1) is 6.92 Å². The van der Waals surface area contributed by atoms with Gasteiger partial charge in [-0.25, -0.2) is 14.8 Å². The molecule has 2 aromatic heterocycles. The largest absolute Gasteiger partial charge is 0.492 e. The molecule has 0 radical (unpaired) electrons. The molecule has 0 aliphatic carbocycles. The number of imidazole rings is 1. The van der Waals surface area contributed by atoms with Crippen LogP contribution < -0.4 is 4.74 Å². The molecule has 2 saturated heterocycles. The van der Waals surface area contributed by atoms with Crippen molar-refractivity contribution in [2.24, 2.45) is 0 Å². The highest BCUT2D eigenvalue weighted by atomic mass is 32.2. The van der Waals surface area contributed by atoms with Gasteiger partial charge >= 0.3 is 5.97 Å². The number of carbonyl (C=O) groups excluding carboxylic acids is 1. The van der Waals surface area contributed by atoms with Crippen LogP contribution in [-0.2, 0) is 16.0 Å². The van der Waals surface area contributed by atoms with E-state index in [0.29, 0.717) is 40.2 Å². The minimum absolute atomic E-state index is 0.152. The zero-order valence-corrected chi connectivity index (χ0v) is 25.7. The molecule has 1 amide bonds. The van der Waals surface area contributed by atoms with Gasteiger partial charge in [-0.2, -0.15) is 0 Å². The molecule has 2 aromatic carbocycles. The summed E-state index contributed by atoms with van der Waals surface area (Å²) < 4.78 is 12.2. The van der Waals surface area contributed by atoms with Gasteiger partial charge in [-0.15, -0.1) is 0 Å².